The molecule has 0 aliphatic carbocycles. The van der Waals surface area contributed by atoms with Gasteiger partial charge in [0.2, 0.25) is 0 Å². The largest absolute Gasteiger partial charge is 0.378 e. The monoisotopic (exact) mass is 538 g/mol. The Hall–Kier alpha value is 0.270. The van der Waals surface area contributed by atoms with Crippen molar-refractivity contribution in [2.24, 2.45) is 0 Å². The highest BCUT2D eigenvalue weighted by atomic mass is 32.2. The molecule has 2 fully saturated rings. The molecule has 0 radical (unpaired) electrons. The van der Waals surface area contributed by atoms with E-state index in [1.165, 1.54) is 167 Å². The van der Waals surface area contributed by atoms with Crippen LogP contribution in [0.25, 0.3) is 0 Å². The van der Waals surface area contributed by atoms with Crippen molar-refractivity contribution in [1.82, 2.24) is 0 Å². The molecule has 2 nitrogen and oxygen atoms in total. The minimum Gasteiger partial charge on any atom is -0.378 e. The summed E-state index contributed by atoms with van der Waals surface area (Å²) in [5.74, 6) is 0. The van der Waals surface area contributed by atoms with E-state index in [1.807, 2.05) is 0 Å². The molecular weight excluding hydrogens is 472 g/mol. The van der Waals surface area contributed by atoms with Gasteiger partial charge < -0.3 is 9.47 Å². The van der Waals surface area contributed by atoms with E-state index >= 15 is 0 Å². The van der Waals surface area contributed by atoms with Gasteiger partial charge in [-0.05, 0) is 77.0 Å². The van der Waals surface area contributed by atoms with Gasteiger partial charge in [-0.2, -0.15) is 11.8 Å². The van der Waals surface area contributed by atoms with Crippen molar-refractivity contribution in [2.45, 2.75) is 203 Å². The molecule has 37 heavy (non-hydrogen) atoms. The fraction of sp³-hybridized carbons (Fsp3) is 1.00. The molecule has 3 heteroatoms. The molecule has 2 aliphatic heterocycles. The van der Waals surface area contributed by atoms with E-state index in [0.717, 1.165) is 23.7 Å². The van der Waals surface area contributed by atoms with E-state index in [1.54, 1.807) is 0 Å². The van der Waals surface area contributed by atoms with E-state index in [2.05, 4.69) is 25.6 Å². The Morgan fingerprint density at radius 3 is 1.27 bits per heavy atom. The van der Waals surface area contributed by atoms with Crippen LogP contribution < -0.4 is 0 Å². The summed E-state index contributed by atoms with van der Waals surface area (Å²) in [6.07, 6.45) is 37.5. The number of hydrogen-bond donors (Lipinski definition) is 0. The zero-order chi connectivity index (χ0) is 26.2. The Bertz CT molecular complexity index is 430. The third kappa shape index (κ3) is 18.3. The highest BCUT2D eigenvalue weighted by molar-refractivity contribution is 8.00. The van der Waals surface area contributed by atoms with Crippen LogP contribution in [-0.4, -0.2) is 35.9 Å². The van der Waals surface area contributed by atoms with E-state index in [0.29, 0.717) is 12.2 Å². The normalized spacial score (nSPS) is 21.6. The lowest BCUT2D eigenvalue weighted by molar-refractivity contribution is 0.102. The molecule has 0 aromatic carbocycles. The molecule has 0 aromatic rings. The van der Waals surface area contributed by atoms with Crippen LogP contribution in [0, 0.1) is 0 Å². The van der Waals surface area contributed by atoms with Crippen LogP contribution in [0.5, 0.6) is 0 Å². The summed E-state index contributed by atoms with van der Waals surface area (Å²) in [6.45, 7) is 6.66. The second-order valence-electron chi connectivity index (χ2n) is 12.3. The fourth-order valence-electron chi connectivity index (χ4n) is 6.38. The minimum absolute atomic E-state index is 0.569. The first-order chi connectivity index (χ1) is 18.3. The molecule has 4 unspecified atom stereocenters. The summed E-state index contributed by atoms with van der Waals surface area (Å²) in [5, 5.41) is 1.74. The standard InChI is InChI=1S/C34H66O2S/c1-3-5-7-9-11-13-15-25-33(27-17-21-31-23-19-29-35-31)37-34(26-16-14-12-10-8-6-4-2)28-18-22-32-24-20-30-36-32/h31-34H,3-30H2,1-2H3. The van der Waals surface area contributed by atoms with Crippen LogP contribution >= 0.6 is 11.8 Å². The zero-order valence-corrected chi connectivity index (χ0v) is 26.1. The van der Waals surface area contributed by atoms with E-state index in [9.17, 15) is 0 Å². The van der Waals surface area contributed by atoms with Crippen molar-refractivity contribution in [2.75, 3.05) is 13.2 Å². The van der Waals surface area contributed by atoms with Gasteiger partial charge in [-0.15, -0.1) is 0 Å². The molecule has 0 spiro atoms. The van der Waals surface area contributed by atoms with Gasteiger partial charge in [-0.25, -0.2) is 0 Å². The second kappa shape index (κ2) is 24.1. The lowest BCUT2D eigenvalue weighted by atomic mass is 10.0. The van der Waals surface area contributed by atoms with Crippen molar-refractivity contribution in [1.29, 1.82) is 0 Å². The van der Waals surface area contributed by atoms with Crippen LogP contribution in [0.4, 0.5) is 0 Å². The molecule has 2 heterocycles. The highest BCUT2D eigenvalue weighted by Crippen LogP contribution is 2.34. The first-order valence-corrected chi connectivity index (χ1v) is 18.1. The minimum atomic E-state index is 0.569. The SMILES string of the molecule is CCCCCCCCCC(CCCC1CCCO1)SC(CCCCCCCCC)CCCC1CCCO1. The van der Waals surface area contributed by atoms with Crippen LogP contribution in [0.3, 0.4) is 0 Å². The van der Waals surface area contributed by atoms with E-state index < -0.39 is 0 Å². The van der Waals surface area contributed by atoms with Gasteiger partial charge in [0.25, 0.3) is 0 Å². The lowest BCUT2D eigenvalue weighted by Crippen LogP contribution is -2.14. The molecule has 0 amide bonds. The molecule has 0 aromatic heterocycles. The van der Waals surface area contributed by atoms with Gasteiger partial charge in [0.05, 0.1) is 12.2 Å². The number of rotatable bonds is 26. The molecule has 2 rings (SSSR count). The maximum Gasteiger partial charge on any atom is 0.0576 e. The average Bonchev–Trinajstić information content (AvgIpc) is 3.62. The van der Waals surface area contributed by atoms with E-state index in [4.69, 9.17) is 9.47 Å². The highest BCUT2D eigenvalue weighted by Gasteiger charge is 2.21. The van der Waals surface area contributed by atoms with Crippen LogP contribution in [-0.2, 0) is 9.47 Å². The zero-order valence-electron chi connectivity index (χ0n) is 25.3. The maximum atomic E-state index is 5.94. The van der Waals surface area contributed by atoms with Crippen molar-refractivity contribution in [3.63, 3.8) is 0 Å². The smallest absolute Gasteiger partial charge is 0.0576 e. The molecule has 0 N–H and O–H groups in total. The summed E-state index contributed by atoms with van der Waals surface area (Å²) in [4.78, 5) is 0. The second-order valence-corrected chi connectivity index (χ2v) is 13.9. The Kier molecular flexibility index (Phi) is 21.8. The van der Waals surface area contributed by atoms with Crippen molar-refractivity contribution >= 4 is 11.8 Å². The van der Waals surface area contributed by atoms with Gasteiger partial charge >= 0.3 is 0 Å². The van der Waals surface area contributed by atoms with Gasteiger partial charge in [-0.1, -0.05) is 104 Å². The average molecular weight is 539 g/mol. The molecule has 0 saturated carbocycles. The maximum absolute atomic E-state index is 5.94. The summed E-state index contributed by atoms with van der Waals surface area (Å²) < 4.78 is 11.9. The Labute approximate surface area is 237 Å². The number of ether oxygens (including phenoxy) is 2. The topological polar surface area (TPSA) is 18.5 Å². The number of thioether (sulfide) groups is 1. The van der Waals surface area contributed by atoms with Gasteiger partial charge in [0, 0.05) is 23.7 Å². The molecule has 4 atom stereocenters. The molecule has 220 valence electrons. The summed E-state index contributed by atoms with van der Waals surface area (Å²) >= 11 is 2.42. The van der Waals surface area contributed by atoms with Crippen molar-refractivity contribution < 1.29 is 9.47 Å². The van der Waals surface area contributed by atoms with Crippen LogP contribution in [0.15, 0.2) is 0 Å². The summed E-state index contributed by atoms with van der Waals surface area (Å²) in [7, 11) is 0. The van der Waals surface area contributed by atoms with Crippen LogP contribution in [0.1, 0.15) is 181 Å². The molecule has 0 bridgehead atoms. The predicted molar refractivity (Wildman–Crippen MR) is 166 cm³/mol. The first kappa shape index (κ1) is 33.5. The third-order valence-electron chi connectivity index (χ3n) is 8.80. The number of unbranched alkanes of at least 4 members (excludes halogenated alkanes) is 12. The quantitative estimate of drug-likeness (QED) is 0.102. The summed E-state index contributed by atoms with van der Waals surface area (Å²) in [6, 6.07) is 0. The molecule has 2 aliphatic rings. The third-order valence-corrected chi connectivity index (χ3v) is 10.5. The molecule has 2 saturated heterocycles. The Morgan fingerprint density at radius 2 is 0.892 bits per heavy atom. The van der Waals surface area contributed by atoms with Crippen molar-refractivity contribution in [3.05, 3.63) is 0 Å². The number of hydrogen-bond acceptors (Lipinski definition) is 3. The van der Waals surface area contributed by atoms with Crippen molar-refractivity contribution in [3.8, 4) is 0 Å². The van der Waals surface area contributed by atoms with Crippen LogP contribution in [0.2, 0.25) is 0 Å². The first-order valence-electron chi connectivity index (χ1n) is 17.2. The van der Waals surface area contributed by atoms with E-state index in [-0.39, 0.29) is 0 Å². The molecular formula is C34H66O2S. The predicted octanol–water partition coefficient (Wildman–Crippen LogP) is 11.4. The Morgan fingerprint density at radius 1 is 0.514 bits per heavy atom. The van der Waals surface area contributed by atoms with Gasteiger partial charge in [0.15, 0.2) is 0 Å². The Balaban J connectivity index is 1.77. The van der Waals surface area contributed by atoms with Gasteiger partial charge in [-0.3, -0.25) is 0 Å². The summed E-state index contributed by atoms with van der Waals surface area (Å²) in [5.41, 5.74) is 0. The van der Waals surface area contributed by atoms with Gasteiger partial charge in [0.1, 0.15) is 0 Å². The fourth-order valence-corrected chi connectivity index (χ4v) is 8.14. The lowest BCUT2D eigenvalue weighted by Gasteiger charge is -2.25.